The van der Waals surface area contributed by atoms with E-state index >= 15 is 0 Å². The number of aryl methyl sites for hydroxylation is 1. The number of imidazole rings is 1. The summed E-state index contributed by atoms with van der Waals surface area (Å²) < 4.78 is 1.76. The number of pyridine rings is 1. The third kappa shape index (κ3) is 1.32. The first-order chi connectivity index (χ1) is 6.68. The number of nitrogens with zero attached hydrogens (tertiary/aromatic N) is 3. The van der Waals surface area contributed by atoms with E-state index in [4.69, 9.17) is 5.11 Å². The van der Waals surface area contributed by atoms with Crippen LogP contribution >= 0.6 is 0 Å². The Morgan fingerprint density at radius 1 is 1.57 bits per heavy atom. The molecule has 2 aromatic rings. The average molecular weight is 191 g/mol. The first-order valence-corrected chi connectivity index (χ1v) is 4.15. The first kappa shape index (κ1) is 8.68. The number of rotatable bonds is 2. The Balaban J connectivity index is 2.59. The molecule has 2 heterocycles. The quantitative estimate of drug-likeness (QED) is 0.754. The Bertz CT molecular complexity index is 490. The number of fused-ring (bicyclic) bond motifs is 1. The fourth-order valence-corrected chi connectivity index (χ4v) is 1.38. The van der Waals surface area contributed by atoms with Gasteiger partial charge in [0.05, 0.1) is 12.7 Å². The van der Waals surface area contributed by atoms with Gasteiger partial charge in [-0.05, 0) is 11.6 Å². The zero-order chi connectivity index (χ0) is 10.1. The summed E-state index contributed by atoms with van der Waals surface area (Å²) in [6, 6.07) is 1.68. The van der Waals surface area contributed by atoms with Gasteiger partial charge in [-0.25, -0.2) is 9.97 Å². The zero-order valence-corrected chi connectivity index (χ0v) is 7.64. The fraction of sp³-hybridized carbons (Fsp3) is 0.222. The molecule has 0 aromatic carbocycles. The van der Waals surface area contributed by atoms with Crippen LogP contribution in [0.1, 0.15) is 5.56 Å². The molecule has 0 saturated heterocycles. The van der Waals surface area contributed by atoms with Gasteiger partial charge in [0.25, 0.3) is 0 Å². The van der Waals surface area contributed by atoms with Crippen molar-refractivity contribution in [3.05, 3.63) is 24.2 Å². The van der Waals surface area contributed by atoms with Crippen LogP contribution in [0.25, 0.3) is 11.2 Å². The molecule has 0 atom stereocenters. The molecular formula is C9H9N3O2. The SMILES string of the molecule is Cn1cnc2c(CC(=O)O)ccnc21. The summed E-state index contributed by atoms with van der Waals surface area (Å²) in [6.07, 6.45) is 3.21. The van der Waals surface area contributed by atoms with E-state index in [1.807, 2.05) is 7.05 Å². The van der Waals surface area contributed by atoms with Crippen molar-refractivity contribution < 1.29 is 9.90 Å². The van der Waals surface area contributed by atoms with Gasteiger partial charge in [-0.3, -0.25) is 4.79 Å². The van der Waals surface area contributed by atoms with Crippen LogP contribution in [-0.4, -0.2) is 25.6 Å². The van der Waals surface area contributed by atoms with Crippen LogP contribution in [0.3, 0.4) is 0 Å². The van der Waals surface area contributed by atoms with Crippen molar-refractivity contribution in [3.8, 4) is 0 Å². The molecule has 72 valence electrons. The number of aliphatic carboxylic acids is 1. The van der Waals surface area contributed by atoms with Crippen molar-refractivity contribution in [1.82, 2.24) is 14.5 Å². The van der Waals surface area contributed by atoms with E-state index in [0.717, 1.165) is 0 Å². The maximum absolute atomic E-state index is 10.6. The maximum atomic E-state index is 10.6. The molecule has 0 aliphatic heterocycles. The number of hydrogen-bond donors (Lipinski definition) is 1. The second-order valence-electron chi connectivity index (χ2n) is 3.07. The second kappa shape index (κ2) is 3.10. The standard InChI is InChI=1S/C9H9N3O2/c1-12-5-11-8-6(4-7(13)14)2-3-10-9(8)12/h2-3,5H,4H2,1H3,(H,13,14). The lowest BCUT2D eigenvalue weighted by molar-refractivity contribution is -0.136. The van der Waals surface area contributed by atoms with Crippen molar-refractivity contribution in [2.45, 2.75) is 6.42 Å². The first-order valence-electron chi connectivity index (χ1n) is 4.15. The molecular weight excluding hydrogens is 182 g/mol. The van der Waals surface area contributed by atoms with Gasteiger partial charge in [0.1, 0.15) is 5.52 Å². The van der Waals surface area contributed by atoms with Crippen LogP contribution in [0.5, 0.6) is 0 Å². The van der Waals surface area contributed by atoms with Crippen LogP contribution in [-0.2, 0) is 18.3 Å². The van der Waals surface area contributed by atoms with Gasteiger partial charge in [-0.1, -0.05) is 0 Å². The minimum atomic E-state index is -0.858. The normalized spacial score (nSPS) is 10.6. The predicted octanol–water partition coefficient (Wildman–Crippen LogP) is 0.595. The summed E-state index contributed by atoms with van der Waals surface area (Å²) in [5.41, 5.74) is 2.07. The molecule has 0 aliphatic rings. The van der Waals surface area contributed by atoms with E-state index in [2.05, 4.69) is 9.97 Å². The highest BCUT2D eigenvalue weighted by atomic mass is 16.4. The number of aromatic nitrogens is 3. The molecule has 0 fully saturated rings. The molecule has 0 spiro atoms. The third-order valence-corrected chi connectivity index (χ3v) is 2.02. The molecule has 0 saturated carbocycles. The van der Waals surface area contributed by atoms with E-state index in [-0.39, 0.29) is 6.42 Å². The molecule has 5 heteroatoms. The minimum absolute atomic E-state index is 0.0178. The monoisotopic (exact) mass is 191 g/mol. The highest BCUT2D eigenvalue weighted by Gasteiger charge is 2.09. The topological polar surface area (TPSA) is 68.0 Å². The summed E-state index contributed by atoms with van der Waals surface area (Å²) in [4.78, 5) is 18.8. The van der Waals surface area contributed by atoms with Crippen molar-refractivity contribution in [2.24, 2.45) is 7.05 Å². The molecule has 0 aliphatic carbocycles. The molecule has 2 aromatic heterocycles. The van der Waals surface area contributed by atoms with Crippen LogP contribution in [0.15, 0.2) is 18.6 Å². The van der Waals surface area contributed by atoms with Gasteiger partial charge in [0, 0.05) is 13.2 Å². The Morgan fingerprint density at radius 2 is 2.36 bits per heavy atom. The Hall–Kier alpha value is -1.91. The van der Waals surface area contributed by atoms with E-state index < -0.39 is 5.97 Å². The van der Waals surface area contributed by atoms with Gasteiger partial charge in [0.15, 0.2) is 5.65 Å². The fourth-order valence-electron chi connectivity index (χ4n) is 1.38. The van der Waals surface area contributed by atoms with Crippen LogP contribution in [0.4, 0.5) is 0 Å². The van der Waals surface area contributed by atoms with Crippen LogP contribution in [0, 0.1) is 0 Å². The zero-order valence-electron chi connectivity index (χ0n) is 7.64. The second-order valence-corrected chi connectivity index (χ2v) is 3.07. The highest BCUT2D eigenvalue weighted by Crippen LogP contribution is 2.14. The summed E-state index contributed by atoms with van der Waals surface area (Å²) in [7, 11) is 1.83. The number of carboxylic acid groups (broad SMARTS) is 1. The Morgan fingerprint density at radius 3 is 3.07 bits per heavy atom. The summed E-state index contributed by atoms with van der Waals surface area (Å²) in [5, 5.41) is 8.68. The molecule has 0 amide bonds. The predicted molar refractivity (Wildman–Crippen MR) is 49.8 cm³/mol. The highest BCUT2D eigenvalue weighted by molar-refractivity contribution is 5.80. The van der Waals surface area contributed by atoms with E-state index in [0.29, 0.717) is 16.7 Å². The van der Waals surface area contributed by atoms with Gasteiger partial charge in [0.2, 0.25) is 0 Å². The largest absolute Gasteiger partial charge is 0.481 e. The lowest BCUT2D eigenvalue weighted by atomic mass is 10.2. The smallest absolute Gasteiger partial charge is 0.307 e. The van der Waals surface area contributed by atoms with E-state index in [1.54, 1.807) is 23.2 Å². The van der Waals surface area contributed by atoms with Crippen LogP contribution < -0.4 is 0 Å². The molecule has 0 radical (unpaired) electrons. The maximum Gasteiger partial charge on any atom is 0.307 e. The number of carboxylic acids is 1. The third-order valence-electron chi connectivity index (χ3n) is 2.02. The van der Waals surface area contributed by atoms with Crippen molar-refractivity contribution in [3.63, 3.8) is 0 Å². The van der Waals surface area contributed by atoms with Gasteiger partial charge in [-0.15, -0.1) is 0 Å². The van der Waals surface area contributed by atoms with E-state index in [9.17, 15) is 4.79 Å². The average Bonchev–Trinajstić information content (AvgIpc) is 2.49. The van der Waals surface area contributed by atoms with Gasteiger partial charge >= 0.3 is 5.97 Å². The Kier molecular flexibility index (Phi) is 1.92. The lowest BCUT2D eigenvalue weighted by Gasteiger charge is -1.98. The molecule has 0 unspecified atom stereocenters. The van der Waals surface area contributed by atoms with Crippen molar-refractivity contribution in [1.29, 1.82) is 0 Å². The van der Waals surface area contributed by atoms with Crippen molar-refractivity contribution >= 4 is 17.1 Å². The lowest BCUT2D eigenvalue weighted by Crippen LogP contribution is -2.01. The summed E-state index contributed by atoms with van der Waals surface area (Å²) in [5.74, 6) is -0.858. The Labute approximate surface area is 80.0 Å². The van der Waals surface area contributed by atoms with Gasteiger partial charge < -0.3 is 9.67 Å². The summed E-state index contributed by atoms with van der Waals surface area (Å²) in [6.45, 7) is 0. The minimum Gasteiger partial charge on any atom is -0.481 e. The van der Waals surface area contributed by atoms with Crippen molar-refractivity contribution in [2.75, 3.05) is 0 Å². The number of carbonyl (C=O) groups is 1. The number of hydrogen-bond acceptors (Lipinski definition) is 3. The molecule has 0 bridgehead atoms. The molecule has 5 nitrogen and oxygen atoms in total. The molecule has 14 heavy (non-hydrogen) atoms. The molecule has 1 N–H and O–H groups in total. The van der Waals surface area contributed by atoms with Gasteiger partial charge in [-0.2, -0.15) is 0 Å². The van der Waals surface area contributed by atoms with Crippen LogP contribution in [0.2, 0.25) is 0 Å². The summed E-state index contributed by atoms with van der Waals surface area (Å²) >= 11 is 0. The molecule has 2 rings (SSSR count). The van der Waals surface area contributed by atoms with E-state index in [1.165, 1.54) is 0 Å².